The number of aromatic nitrogens is 1. The fourth-order valence-corrected chi connectivity index (χ4v) is 3.09. The average Bonchev–Trinajstić information content (AvgIpc) is 2.80. The molecule has 0 radical (unpaired) electrons. The molecule has 1 aromatic heterocycles. The lowest BCUT2D eigenvalue weighted by molar-refractivity contribution is -0.115. The number of hydrogen-bond donors (Lipinski definition) is 2. The summed E-state index contributed by atoms with van der Waals surface area (Å²) in [4.78, 5) is 17.1. The highest BCUT2D eigenvalue weighted by atomic mass is 32.1. The van der Waals surface area contributed by atoms with Gasteiger partial charge >= 0.3 is 0 Å². The van der Waals surface area contributed by atoms with Crippen LogP contribution in [0.15, 0.2) is 24.3 Å². The van der Waals surface area contributed by atoms with Gasteiger partial charge < -0.3 is 10.6 Å². The van der Waals surface area contributed by atoms with Crippen molar-refractivity contribution in [3.63, 3.8) is 0 Å². The number of carbonyl (C=O) groups is 1. The Morgan fingerprint density at radius 2 is 1.86 bits per heavy atom. The molecular weight excluding hydrogens is 282 g/mol. The van der Waals surface area contributed by atoms with E-state index in [2.05, 4.69) is 22.5 Å². The lowest BCUT2D eigenvalue weighted by atomic mass is 10.2. The Balaban J connectivity index is 2.03. The van der Waals surface area contributed by atoms with Crippen molar-refractivity contribution < 1.29 is 4.79 Å². The van der Waals surface area contributed by atoms with Gasteiger partial charge in [-0.3, -0.25) is 4.79 Å². The number of nitrogens with zero attached hydrogens (tertiary/aromatic N) is 1. The Kier molecular flexibility index (Phi) is 4.96. The molecular formula is C16H21N3OS. The standard InChI is InChI=1S/C16H21N3OS/c1-5-15(20)19-14-8-6-13(7-9-14)18-11(3)16-10(2)17-12(4)21-16/h6-9,11,18H,5H2,1-4H3,(H,19,20). The van der Waals surface area contributed by atoms with E-state index < -0.39 is 0 Å². The maximum atomic E-state index is 11.3. The first kappa shape index (κ1) is 15.5. The second kappa shape index (κ2) is 6.72. The zero-order valence-electron chi connectivity index (χ0n) is 12.9. The van der Waals surface area contributed by atoms with Crippen molar-refractivity contribution in [2.75, 3.05) is 10.6 Å². The maximum Gasteiger partial charge on any atom is 0.224 e. The molecule has 0 fully saturated rings. The molecule has 1 heterocycles. The monoisotopic (exact) mass is 303 g/mol. The van der Waals surface area contributed by atoms with E-state index in [0.29, 0.717) is 6.42 Å². The lowest BCUT2D eigenvalue weighted by Gasteiger charge is -2.15. The van der Waals surface area contributed by atoms with Crippen LogP contribution in [-0.4, -0.2) is 10.9 Å². The van der Waals surface area contributed by atoms with E-state index in [9.17, 15) is 4.79 Å². The maximum absolute atomic E-state index is 11.3. The molecule has 2 aromatic rings. The van der Waals surface area contributed by atoms with Gasteiger partial charge in [-0.05, 0) is 45.0 Å². The van der Waals surface area contributed by atoms with Crippen LogP contribution in [0.25, 0.3) is 0 Å². The first-order chi connectivity index (χ1) is 9.99. The van der Waals surface area contributed by atoms with E-state index in [4.69, 9.17) is 0 Å². The van der Waals surface area contributed by atoms with Gasteiger partial charge in [0.1, 0.15) is 0 Å². The largest absolute Gasteiger partial charge is 0.378 e. The van der Waals surface area contributed by atoms with Crippen molar-refractivity contribution in [1.29, 1.82) is 0 Å². The minimum absolute atomic E-state index is 0.0276. The Morgan fingerprint density at radius 1 is 1.24 bits per heavy atom. The summed E-state index contributed by atoms with van der Waals surface area (Å²) in [6.07, 6.45) is 0.487. The van der Waals surface area contributed by atoms with E-state index in [-0.39, 0.29) is 11.9 Å². The molecule has 2 N–H and O–H groups in total. The van der Waals surface area contributed by atoms with Crippen molar-refractivity contribution in [3.05, 3.63) is 39.8 Å². The molecule has 0 aliphatic rings. The fraction of sp³-hybridized carbons (Fsp3) is 0.375. The molecule has 2 rings (SSSR count). The topological polar surface area (TPSA) is 54.0 Å². The third-order valence-corrected chi connectivity index (χ3v) is 4.46. The van der Waals surface area contributed by atoms with Gasteiger partial charge in [0.05, 0.1) is 16.7 Å². The van der Waals surface area contributed by atoms with Gasteiger partial charge in [-0.15, -0.1) is 11.3 Å². The molecule has 1 atom stereocenters. The molecule has 4 nitrogen and oxygen atoms in total. The van der Waals surface area contributed by atoms with Crippen molar-refractivity contribution in [1.82, 2.24) is 4.98 Å². The number of carbonyl (C=O) groups excluding carboxylic acids is 1. The number of rotatable bonds is 5. The Bertz CT molecular complexity index is 619. The molecule has 21 heavy (non-hydrogen) atoms. The number of anilines is 2. The number of amides is 1. The van der Waals surface area contributed by atoms with Crippen molar-refractivity contribution in [2.45, 2.75) is 40.2 Å². The molecule has 0 aliphatic heterocycles. The summed E-state index contributed by atoms with van der Waals surface area (Å²) >= 11 is 1.73. The van der Waals surface area contributed by atoms with Crippen LogP contribution in [0, 0.1) is 13.8 Å². The van der Waals surface area contributed by atoms with Gasteiger partial charge in [0.2, 0.25) is 5.91 Å². The van der Waals surface area contributed by atoms with Gasteiger partial charge in [-0.25, -0.2) is 4.98 Å². The van der Waals surface area contributed by atoms with E-state index in [1.165, 1.54) is 4.88 Å². The third-order valence-electron chi connectivity index (χ3n) is 3.21. The zero-order chi connectivity index (χ0) is 15.4. The molecule has 0 saturated heterocycles. The number of aryl methyl sites for hydroxylation is 2. The van der Waals surface area contributed by atoms with Crippen LogP contribution in [0.3, 0.4) is 0 Å². The van der Waals surface area contributed by atoms with Crippen LogP contribution in [0.5, 0.6) is 0 Å². The fourth-order valence-electron chi connectivity index (χ4n) is 2.16. The van der Waals surface area contributed by atoms with Crippen LogP contribution in [-0.2, 0) is 4.79 Å². The highest BCUT2D eigenvalue weighted by molar-refractivity contribution is 7.11. The molecule has 5 heteroatoms. The van der Waals surface area contributed by atoms with Gasteiger partial charge in [0.25, 0.3) is 0 Å². The van der Waals surface area contributed by atoms with Crippen LogP contribution in [0.4, 0.5) is 11.4 Å². The van der Waals surface area contributed by atoms with Crippen LogP contribution >= 0.6 is 11.3 Å². The molecule has 0 bridgehead atoms. The SMILES string of the molecule is CCC(=O)Nc1ccc(NC(C)c2sc(C)nc2C)cc1. The summed E-state index contributed by atoms with van der Waals surface area (Å²) in [5.41, 5.74) is 2.94. The normalized spacial score (nSPS) is 12.0. The number of thiazole rings is 1. The summed E-state index contributed by atoms with van der Waals surface area (Å²) in [7, 11) is 0. The van der Waals surface area contributed by atoms with Gasteiger partial charge in [-0.2, -0.15) is 0 Å². The summed E-state index contributed by atoms with van der Waals surface area (Å²) in [5.74, 6) is 0.0276. The predicted octanol–water partition coefficient (Wildman–Crippen LogP) is 4.28. The van der Waals surface area contributed by atoms with Crippen molar-refractivity contribution in [3.8, 4) is 0 Å². The van der Waals surface area contributed by atoms with Crippen LogP contribution in [0.2, 0.25) is 0 Å². The third kappa shape index (κ3) is 4.04. The minimum Gasteiger partial charge on any atom is -0.378 e. The first-order valence-electron chi connectivity index (χ1n) is 7.10. The Hall–Kier alpha value is -1.88. The van der Waals surface area contributed by atoms with Crippen LogP contribution in [0.1, 0.15) is 41.9 Å². The summed E-state index contributed by atoms with van der Waals surface area (Å²) < 4.78 is 0. The van der Waals surface area contributed by atoms with E-state index in [1.807, 2.05) is 45.0 Å². The minimum atomic E-state index is 0.0276. The van der Waals surface area contributed by atoms with Gasteiger partial charge in [-0.1, -0.05) is 6.92 Å². The highest BCUT2D eigenvalue weighted by Crippen LogP contribution is 2.27. The quantitative estimate of drug-likeness (QED) is 0.866. The molecule has 1 unspecified atom stereocenters. The molecule has 0 spiro atoms. The molecule has 1 aromatic carbocycles. The van der Waals surface area contributed by atoms with Crippen molar-refractivity contribution >= 4 is 28.6 Å². The van der Waals surface area contributed by atoms with Crippen molar-refractivity contribution in [2.24, 2.45) is 0 Å². The molecule has 112 valence electrons. The predicted molar refractivity (Wildman–Crippen MR) is 89.0 cm³/mol. The number of hydrogen-bond acceptors (Lipinski definition) is 4. The second-order valence-corrected chi connectivity index (χ2v) is 6.26. The van der Waals surface area contributed by atoms with E-state index >= 15 is 0 Å². The molecule has 1 amide bonds. The summed E-state index contributed by atoms with van der Waals surface area (Å²) in [5, 5.41) is 7.40. The smallest absolute Gasteiger partial charge is 0.224 e. The Morgan fingerprint density at radius 3 is 2.38 bits per heavy atom. The second-order valence-electron chi connectivity index (χ2n) is 5.03. The summed E-state index contributed by atoms with van der Waals surface area (Å²) in [6, 6.07) is 7.99. The van der Waals surface area contributed by atoms with Gasteiger partial charge in [0, 0.05) is 22.7 Å². The van der Waals surface area contributed by atoms with Crippen LogP contribution < -0.4 is 10.6 Å². The first-order valence-corrected chi connectivity index (χ1v) is 7.91. The average molecular weight is 303 g/mol. The summed E-state index contributed by atoms with van der Waals surface area (Å²) in [6.45, 7) is 8.04. The number of nitrogens with one attached hydrogen (secondary N) is 2. The molecule has 0 saturated carbocycles. The van der Waals surface area contributed by atoms with E-state index in [0.717, 1.165) is 22.1 Å². The molecule has 0 aliphatic carbocycles. The lowest BCUT2D eigenvalue weighted by Crippen LogP contribution is -2.10. The highest BCUT2D eigenvalue weighted by Gasteiger charge is 2.12. The van der Waals surface area contributed by atoms with E-state index in [1.54, 1.807) is 11.3 Å². The Labute approximate surface area is 129 Å². The van der Waals surface area contributed by atoms with Gasteiger partial charge in [0.15, 0.2) is 0 Å². The number of benzene rings is 1. The zero-order valence-corrected chi connectivity index (χ0v) is 13.7.